The van der Waals surface area contributed by atoms with Gasteiger partial charge in [0.25, 0.3) is 11.5 Å². The van der Waals surface area contributed by atoms with Gasteiger partial charge < -0.3 is 9.47 Å². The molecule has 1 aliphatic rings. The Morgan fingerprint density at radius 3 is 2.81 bits per heavy atom. The molecule has 2 aromatic carbocycles. The minimum Gasteiger partial charge on any atom is -0.486 e. The molecule has 0 atom stereocenters. The lowest BCUT2D eigenvalue weighted by Crippen LogP contribution is -2.34. The molecular formula is C22H20N6O4. The lowest BCUT2D eigenvalue weighted by Gasteiger charge is -2.18. The fourth-order valence-corrected chi connectivity index (χ4v) is 3.61. The van der Waals surface area contributed by atoms with Crippen LogP contribution in [-0.2, 0) is 6.54 Å². The predicted octanol–water partition coefficient (Wildman–Crippen LogP) is 2.33. The zero-order valence-electron chi connectivity index (χ0n) is 17.2. The van der Waals surface area contributed by atoms with Gasteiger partial charge in [0.1, 0.15) is 13.2 Å². The minimum absolute atomic E-state index is 0.185. The summed E-state index contributed by atoms with van der Waals surface area (Å²) in [5, 5.41) is 7.39. The number of para-hydroxylation sites is 1. The first kappa shape index (κ1) is 19.6. The van der Waals surface area contributed by atoms with E-state index in [4.69, 9.17) is 9.47 Å². The number of carbonyl (C=O) groups excluding carboxylic acids is 1. The highest BCUT2D eigenvalue weighted by molar-refractivity contribution is 6.00. The van der Waals surface area contributed by atoms with Crippen molar-refractivity contribution in [2.45, 2.75) is 13.5 Å². The van der Waals surface area contributed by atoms with Gasteiger partial charge in [0.15, 0.2) is 11.5 Å². The van der Waals surface area contributed by atoms with Gasteiger partial charge in [-0.1, -0.05) is 12.1 Å². The molecule has 0 saturated heterocycles. The van der Waals surface area contributed by atoms with Gasteiger partial charge >= 0.3 is 0 Å². The molecule has 5 rings (SSSR count). The summed E-state index contributed by atoms with van der Waals surface area (Å²) in [6, 6.07) is 12.5. The van der Waals surface area contributed by atoms with E-state index in [1.165, 1.54) is 10.8 Å². The second kappa shape index (κ2) is 8.06. The number of hydrogen-bond acceptors (Lipinski definition) is 7. The number of nitrogens with zero attached hydrogens (tertiary/aromatic N) is 3. The van der Waals surface area contributed by atoms with Crippen molar-refractivity contribution in [2.24, 2.45) is 0 Å². The molecule has 10 nitrogen and oxygen atoms in total. The van der Waals surface area contributed by atoms with Crippen molar-refractivity contribution >= 4 is 22.8 Å². The second-order valence-electron chi connectivity index (χ2n) is 7.10. The van der Waals surface area contributed by atoms with E-state index in [-0.39, 0.29) is 11.5 Å². The molecule has 0 fully saturated rings. The number of H-pyrrole nitrogens is 1. The highest BCUT2D eigenvalue weighted by atomic mass is 16.6. The number of hydrazine groups is 1. The average Bonchev–Trinajstić information content (AvgIpc) is 3.32. The number of hydrogen-bond donors (Lipinski definition) is 3. The monoisotopic (exact) mass is 432 g/mol. The second-order valence-corrected chi connectivity index (χ2v) is 7.10. The molecule has 162 valence electrons. The zero-order chi connectivity index (χ0) is 22.1. The molecule has 0 bridgehead atoms. The van der Waals surface area contributed by atoms with E-state index >= 15 is 0 Å². The highest BCUT2D eigenvalue weighted by Gasteiger charge is 2.19. The van der Waals surface area contributed by atoms with Crippen molar-refractivity contribution < 1.29 is 14.3 Å². The Bertz CT molecular complexity index is 1380. The van der Waals surface area contributed by atoms with Gasteiger partial charge in [-0.15, -0.1) is 0 Å². The Balaban J connectivity index is 1.41. The van der Waals surface area contributed by atoms with Crippen LogP contribution in [0.1, 0.15) is 17.3 Å². The number of aromatic nitrogens is 4. The number of carbonyl (C=O) groups is 1. The number of fused-ring (bicyclic) bond motifs is 2. The van der Waals surface area contributed by atoms with Crippen LogP contribution in [0, 0.1) is 0 Å². The number of nitrogens with one attached hydrogen (secondary N) is 3. The summed E-state index contributed by atoms with van der Waals surface area (Å²) in [5.41, 5.74) is 7.33. The first-order valence-corrected chi connectivity index (χ1v) is 10.1. The van der Waals surface area contributed by atoms with Crippen molar-refractivity contribution in [1.29, 1.82) is 0 Å². The third-order valence-corrected chi connectivity index (χ3v) is 5.18. The first-order chi connectivity index (χ1) is 15.7. The van der Waals surface area contributed by atoms with Gasteiger partial charge in [0.2, 0.25) is 5.95 Å². The van der Waals surface area contributed by atoms with Crippen LogP contribution in [0.3, 0.4) is 0 Å². The van der Waals surface area contributed by atoms with E-state index in [1.54, 1.807) is 36.4 Å². The summed E-state index contributed by atoms with van der Waals surface area (Å²) in [5.74, 6) is 1.08. The fraction of sp³-hybridized carbons (Fsp3) is 0.182. The van der Waals surface area contributed by atoms with Crippen LogP contribution < -0.4 is 25.9 Å². The molecule has 1 amide bonds. The topological polar surface area (TPSA) is 123 Å². The lowest BCUT2D eigenvalue weighted by atomic mass is 10.1. The summed E-state index contributed by atoms with van der Waals surface area (Å²) in [7, 11) is 0. The van der Waals surface area contributed by atoms with Crippen molar-refractivity contribution in [3.8, 4) is 22.8 Å². The molecule has 10 heteroatoms. The number of anilines is 1. The molecule has 32 heavy (non-hydrogen) atoms. The van der Waals surface area contributed by atoms with Crippen LogP contribution in [0.25, 0.3) is 22.2 Å². The summed E-state index contributed by atoms with van der Waals surface area (Å²) in [6.45, 7) is 3.19. The van der Waals surface area contributed by atoms with E-state index in [2.05, 4.69) is 26.0 Å². The van der Waals surface area contributed by atoms with Gasteiger partial charge in [0.05, 0.1) is 28.4 Å². The summed E-state index contributed by atoms with van der Waals surface area (Å²) in [6.07, 6.45) is 1.43. The van der Waals surface area contributed by atoms with E-state index in [0.717, 1.165) is 5.56 Å². The maximum atomic E-state index is 12.9. The number of amides is 1. The van der Waals surface area contributed by atoms with E-state index < -0.39 is 5.91 Å². The first-order valence-electron chi connectivity index (χ1n) is 10.1. The van der Waals surface area contributed by atoms with Crippen molar-refractivity contribution in [3.05, 3.63) is 64.6 Å². The van der Waals surface area contributed by atoms with Gasteiger partial charge in [-0.25, -0.2) is 4.98 Å². The van der Waals surface area contributed by atoms with Gasteiger partial charge in [-0.2, -0.15) is 5.10 Å². The normalized spacial score (nSPS) is 12.5. The number of ether oxygens (including phenoxy) is 2. The minimum atomic E-state index is -0.436. The Hall–Kier alpha value is -4.34. The lowest BCUT2D eigenvalue weighted by molar-refractivity contribution is 0.0962. The van der Waals surface area contributed by atoms with E-state index in [9.17, 15) is 9.59 Å². The molecule has 0 spiro atoms. The molecule has 0 unspecified atom stereocenters. The van der Waals surface area contributed by atoms with Crippen LogP contribution in [0.15, 0.2) is 53.5 Å². The Kier molecular flexibility index (Phi) is 4.94. The smallest absolute Gasteiger partial charge is 0.273 e. The number of aromatic amines is 1. The van der Waals surface area contributed by atoms with Gasteiger partial charge in [-0.05, 0) is 37.3 Å². The van der Waals surface area contributed by atoms with E-state index in [0.29, 0.717) is 53.4 Å². The Labute approximate surface area is 182 Å². The third-order valence-electron chi connectivity index (χ3n) is 5.18. The van der Waals surface area contributed by atoms with Crippen LogP contribution >= 0.6 is 0 Å². The molecule has 4 aromatic rings. The molecule has 0 saturated carbocycles. The number of benzene rings is 2. The van der Waals surface area contributed by atoms with Crippen molar-refractivity contribution in [1.82, 2.24) is 25.2 Å². The molecule has 3 N–H and O–H groups in total. The van der Waals surface area contributed by atoms with Gasteiger partial charge in [0, 0.05) is 12.1 Å². The van der Waals surface area contributed by atoms with Gasteiger partial charge in [-0.3, -0.25) is 30.1 Å². The fourth-order valence-electron chi connectivity index (χ4n) is 3.61. The van der Waals surface area contributed by atoms with Crippen LogP contribution in [0.4, 0.5) is 5.95 Å². The van der Waals surface area contributed by atoms with Crippen LogP contribution in [0.2, 0.25) is 0 Å². The zero-order valence-corrected chi connectivity index (χ0v) is 17.2. The SMILES string of the molecule is CCn1c(NNC(=O)c2cn[nH]c2-c2ccc3c(c2)OCCO3)nc2ccccc2c1=O. The summed E-state index contributed by atoms with van der Waals surface area (Å²) in [4.78, 5) is 30.1. The molecule has 3 heterocycles. The standard InChI is InChI=1S/C22H20N6O4/c1-2-28-21(30)14-5-3-4-6-16(14)24-22(28)27-26-20(29)15-12-23-25-19(15)13-7-8-17-18(11-13)32-10-9-31-17/h3-8,11-12H,2,9-10H2,1H3,(H,23,25)(H,24,27)(H,26,29). The van der Waals surface area contributed by atoms with E-state index in [1.807, 2.05) is 13.0 Å². The van der Waals surface area contributed by atoms with Crippen LogP contribution in [-0.4, -0.2) is 38.9 Å². The highest BCUT2D eigenvalue weighted by Crippen LogP contribution is 2.34. The van der Waals surface area contributed by atoms with Crippen molar-refractivity contribution in [3.63, 3.8) is 0 Å². The molecule has 0 radical (unpaired) electrons. The number of rotatable bonds is 5. The maximum absolute atomic E-state index is 12.9. The average molecular weight is 432 g/mol. The predicted molar refractivity (Wildman–Crippen MR) is 118 cm³/mol. The summed E-state index contributed by atoms with van der Waals surface area (Å²) >= 11 is 0. The molecular weight excluding hydrogens is 412 g/mol. The Morgan fingerprint density at radius 1 is 1.16 bits per heavy atom. The molecule has 0 aliphatic carbocycles. The largest absolute Gasteiger partial charge is 0.486 e. The summed E-state index contributed by atoms with van der Waals surface area (Å²) < 4.78 is 12.6. The Morgan fingerprint density at radius 2 is 1.97 bits per heavy atom. The van der Waals surface area contributed by atoms with Crippen molar-refractivity contribution in [2.75, 3.05) is 18.6 Å². The van der Waals surface area contributed by atoms with Crippen LogP contribution in [0.5, 0.6) is 11.5 Å². The molecule has 2 aromatic heterocycles. The maximum Gasteiger partial charge on any atom is 0.273 e. The molecule has 1 aliphatic heterocycles. The third kappa shape index (κ3) is 3.41. The quantitative estimate of drug-likeness (QED) is 0.414.